The summed E-state index contributed by atoms with van der Waals surface area (Å²) in [5, 5.41) is 12.4. The molecule has 1 rings (SSSR count). The van der Waals surface area contributed by atoms with Crippen molar-refractivity contribution in [3.05, 3.63) is 11.8 Å². The van der Waals surface area contributed by atoms with E-state index in [1.165, 1.54) is 0 Å². The molecule has 1 aromatic heterocycles. The molecule has 0 saturated heterocycles. The zero-order valence-corrected chi connectivity index (χ0v) is 11.1. The predicted molar refractivity (Wildman–Crippen MR) is 70.5 cm³/mol. The highest BCUT2D eigenvalue weighted by molar-refractivity contribution is 5.43. The van der Waals surface area contributed by atoms with Crippen molar-refractivity contribution < 1.29 is 5.11 Å². The molecule has 0 aliphatic carbocycles. The molecule has 0 amide bonds. The summed E-state index contributed by atoms with van der Waals surface area (Å²) < 4.78 is 0. The first-order valence-electron chi connectivity index (χ1n) is 6.01. The van der Waals surface area contributed by atoms with Gasteiger partial charge >= 0.3 is 0 Å². The zero-order valence-electron chi connectivity index (χ0n) is 11.1. The van der Waals surface area contributed by atoms with Crippen molar-refractivity contribution in [3.63, 3.8) is 0 Å². The molecule has 1 unspecified atom stereocenters. The molecule has 1 heterocycles. The van der Waals surface area contributed by atoms with Crippen molar-refractivity contribution in [2.24, 2.45) is 0 Å². The molecule has 0 aromatic carbocycles. The van der Waals surface area contributed by atoms with Crippen molar-refractivity contribution in [1.82, 2.24) is 9.97 Å². The number of aryl methyl sites for hydroxylation is 1. The molecule has 1 atom stereocenters. The lowest BCUT2D eigenvalue weighted by molar-refractivity contribution is 0.187. The fraction of sp³-hybridized carbons (Fsp3) is 0.667. The van der Waals surface area contributed by atoms with Crippen molar-refractivity contribution in [3.8, 4) is 0 Å². The van der Waals surface area contributed by atoms with E-state index in [9.17, 15) is 5.11 Å². The van der Waals surface area contributed by atoms with Gasteiger partial charge in [0.25, 0.3) is 0 Å². The van der Waals surface area contributed by atoms with Gasteiger partial charge in [-0.25, -0.2) is 4.98 Å². The van der Waals surface area contributed by atoms with E-state index in [2.05, 4.69) is 15.3 Å². The van der Waals surface area contributed by atoms with Gasteiger partial charge in [-0.2, -0.15) is 4.98 Å². The molecule has 96 valence electrons. The van der Waals surface area contributed by atoms with Gasteiger partial charge in [-0.3, -0.25) is 0 Å². The number of nitrogens with zero attached hydrogens (tertiary/aromatic N) is 3. The van der Waals surface area contributed by atoms with Crippen molar-refractivity contribution in [2.75, 3.05) is 30.4 Å². The second kappa shape index (κ2) is 6.39. The van der Waals surface area contributed by atoms with Crippen LogP contribution in [-0.2, 0) is 0 Å². The van der Waals surface area contributed by atoms with Crippen LogP contribution < -0.4 is 10.2 Å². The summed E-state index contributed by atoms with van der Waals surface area (Å²) in [5.41, 5.74) is 0.940. The monoisotopic (exact) mass is 238 g/mol. The molecule has 17 heavy (non-hydrogen) atoms. The fourth-order valence-corrected chi connectivity index (χ4v) is 1.48. The van der Waals surface area contributed by atoms with E-state index < -0.39 is 0 Å². The van der Waals surface area contributed by atoms with Crippen LogP contribution in [-0.4, -0.2) is 41.3 Å². The first kappa shape index (κ1) is 13.7. The Labute approximate surface area is 103 Å². The Morgan fingerprint density at radius 2 is 2.18 bits per heavy atom. The Hall–Kier alpha value is -1.36. The van der Waals surface area contributed by atoms with Crippen LogP contribution in [0, 0.1) is 6.92 Å². The number of rotatable bonds is 6. The van der Waals surface area contributed by atoms with Gasteiger partial charge in [0.15, 0.2) is 0 Å². The van der Waals surface area contributed by atoms with E-state index in [0.717, 1.165) is 31.0 Å². The smallest absolute Gasteiger partial charge is 0.224 e. The first-order chi connectivity index (χ1) is 8.02. The SMILES string of the molecule is CCNc1nc(C)cc(N(C)CCC(C)O)n1. The Kier molecular flexibility index (Phi) is 5.15. The predicted octanol–water partition coefficient (Wildman–Crippen LogP) is 1.42. The van der Waals surface area contributed by atoms with Crippen LogP contribution in [0.4, 0.5) is 11.8 Å². The normalized spacial score (nSPS) is 12.3. The molecule has 1 aromatic rings. The molecule has 0 bridgehead atoms. The average Bonchev–Trinajstić information content (AvgIpc) is 2.25. The van der Waals surface area contributed by atoms with Crippen LogP contribution >= 0.6 is 0 Å². The maximum absolute atomic E-state index is 9.27. The lowest BCUT2D eigenvalue weighted by Gasteiger charge is -2.19. The average molecular weight is 238 g/mol. The molecule has 0 fully saturated rings. The van der Waals surface area contributed by atoms with Crippen LogP contribution in [0.1, 0.15) is 26.0 Å². The van der Waals surface area contributed by atoms with Crippen molar-refractivity contribution in [2.45, 2.75) is 33.3 Å². The first-order valence-corrected chi connectivity index (χ1v) is 6.01. The van der Waals surface area contributed by atoms with Crippen LogP contribution in [0.3, 0.4) is 0 Å². The number of nitrogens with one attached hydrogen (secondary N) is 1. The number of hydrogen-bond donors (Lipinski definition) is 2. The number of aliphatic hydroxyl groups excluding tert-OH is 1. The van der Waals surface area contributed by atoms with Crippen LogP contribution in [0.5, 0.6) is 0 Å². The Balaban J connectivity index is 2.74. The zero-order chi connectivity index (χ0) is 12.8. The van der Waals surface area contributed by atoms with E-state index >= 15 is 0 Å². The summed E-state index contributed by atoms with van der Waals surface area (Å²) >= 11 is 0. The van der Waals surface area contributed by atoms with E-state index in [1.807, 2.05) is 31.9 Å². The Bertz CT molecular complexity index is 354. The van der Waals surface area contributed by atoms with Crippen molar-refractivity contribution >= 4 is 11.8 Å². The summed E-state index contributed by atoms with van der Waals surface area (Å²) in [5.74, 6) is 1.54. The lowest BCUT2D eigenvalue weighted by atomic mass is 10.3. The van der Waals surface area contributed by atoms with Gasteiger partial charge in [0.2, 0.25) is 5.95 Å². The van der Waals surface area contributed by atoms with Gasteiger partial charge < -0.3 is 15.3 Å². The van der Waals surface area contributed by atoms with Gasteiger partial charge in [0.1, 0.15) is 5.82 Å². The third-order valence-corrected chi connectivity index (χ3v) is 2.45. The third kappa shape index (κ3) is 4.56. The Morgan fingerprint density at radius 3 is 2.76 bits per heavy atom. The van der Waals surface area contributed by atoms with Crippen LogP contribution in [0.2, 0.25) is 0 Å². The minimum Gasteiger partial charge on any atom is -0.393 e. The van der Waals surface area contributed by atoms with Gasteiger partial charge in [-0.15, -0.1) is 0 Å². The van der Waals surface area contributed by atoms with Gasteiger partial charge in [-0.05, 0) is 27.2 Å². The van der Waals surface area contributed by atoms with Gasteiger partial charge in [0, 0.05) is 31.9 Å². The minimum atomic E-state index is -0.284. The van der Waals surface area contributed by atoms with E-state index in [0.29, 0.717) is 5.95 Å². The van der Waals surface area contributed by atoms with Crippen LogP contribution in [0.25, 0.3) is 0 Å². The highest BCUT2D eigenvalue weighted by Gasteiger charge is 2.07. The summed E-state index contributed by atoms with van der Waals surface area (Å²) in [6.45, 7) is 7.35. The summed E-state index contributed by atoms with van der Waals surface area (Å²) in [4.78, 5) is 10.8. The maximum Gasteiger partial charge on any atom is 0.224 e. The lowest BCUT2D eigenvalue weighted by Crippen LogP contribution is -2.23. The minimum absolute atomic E-state index is 0.284. The molecule has 2 N–H and O–H groups in total. The third-order valence-electron chi connectivity index (χ3n) is 2.45. The summed E-state index contributed by atoms with van der Waals surface area (Å²) in [6.07, 6.45) is 0.449. The number of aromatic nitrogens is 2. The van der Waals surface area contributed by atoms with E-state index in [4.69, 9.17) is 0 Å². The number of anilines is 2. The maximum atomic E-state index is 9.27. The molecular formula is C12H22N4O. The molecule has 0 saturated carbocycles. The topological polar surface area (TPSA) is 61.3 Å². The highest BCUT2D eigenvalue weighted by atomic mass is 16.3. The van der Waals surface area contributed by atoms with Crippen molar-refractivity contribution in [1.29, 1.82) is 0 Å². The summed E-state index contributed by atoms with van der Waals surface area (Å²) in [7, 11) is 1.97. The molecule has 0 aliphatic rings. The molecular weight excluding hydrogens is 216 g/mol. The number of hydrogen-bond acceptors (Lipinski definition) is 5. The molecule has 0 aliphatic heterocycles. The standard InChI is InChI=1S/C12H22N4O/c1-5-13-12-14-9(2)8-11(15-12)16(4)7-6-10(3)17/h8,10,17H,5-7H2,1-4H3,(H,13,14,15). The highest BCUT2D eigenvalue weighted by Crippen LogP contribution is 2.13. The quantitative estimate of drug-likeness (QED) is 0.785. The Morgan fingerprint density at radius 1 is 1.47 bits per heavy atom. The molecule has 0 radical (unpaired) electrons. The largest absolute Gasteiger partial charge is 0.393 e. The van der Waals surface area contributed by atoms with Crippen LogP contribution in [0.15, 0.2) is 6.07 Å². The molecule has 5 nitrogen and oxygen atoms in total. The van der Waals surface area contributed by atoms with Gasteiger partial charge in [0.05, 0.1) is 6.10 Å². The summed E-state index contributed by atoms with van der Waals surface area (Å²) in [6, 6.07) is 1.95. The second-order valence-electron chi connectivity index (χ2n) is 4.28. The fourth-order valence-electron chi connectivity index (χ4n) is 1.48. The number of aliphatic hydroxyl groups is 1. The van der Waals surface area contributed by atoms with Gasteiger partial charge in [-0.1, -0.05) is 0 Å². The molecule has 0 spiro atoms. The van der Waals surface area contributed by atoms with E-state index in [1.54, 1.807) is 6.92 Å². The second-order valence-corrected chi connectivity index (χ2v) is 4.28. The molecule has 5 heteroatoms. The van der Waals surface area contributed by atoms with E-state index in [-0.39, 0.29) is 6.10 Å².